The zero-order valence-electron chi connectivity index (χ0n) is 14.2. The molecule has 1 N–H and O–H groups in total. The van der Waals surface area contributed by atoms with E-state index >= 15 is 0 Å². The third-order valence-electron chi connectivity index (χ3n) is 4.68. The van der Waals surface area contributed by atoms with Crippen molar-refractivity contribution in [1.29, 1.82) is 0 Å². The molecule has 1 unspecified atom stereocenters. The summed E-state index contributed by atoms with van der Waals surface area (Å²) in [5.41, 5.74) is 0.716. The van der Waals surface area contributed by atoms with Crippen LogP contribution in [-0.4, -0.2) is 40.5 Å². The number of carbonyl (C=O) groups excluding carboxylic acids is 1. The summed E-state index contributed by atoms with van der Waals surface area (Å²) in [6.07, 6.45) is 6.19. The van der Waals surface area contributed by atoms with Gasteiger partial charge in [-0.25, -0.2) is 4.98 Å². The summed E-state index contributed by atoms with van der Waals surface area (Å²) < 4.78 is 5.45. The lowest BCUT2D eigenvalue weighted by Crippen LogP contribution is -2.49. The van der Waals surface area contributed by atoms with Crippen LogP contribution in [0.15, 0.2) is 42.7 Å². The van der Waals surface area contributed by atoms with Gasteiger partial charge in [-0.15, -0.1) is 0 Å². The standard InChI is InChI=1S/C19H25N3O2/c1-2-24-18(23)19(13-16-7-4-3-5-8-16)9-6-12-22(15-19)14-17-20-10-11-21-17/h3-5,7-8,10-11H,2,6,9,12-15H2,1H3,(H,20,21). The zero-order valence-corrected chi connectivity index (χ0v) is 14.2. The van der Waals surface area contributed by atoms with E-state index in [-0.39, 0.29) is 5.97 Å². The summed E-state index contributed by atoms with van der Waals surface area (Å²) in [4.78, 5) is 22.6. The highest BCUT2D eigenvalue weighted by Gasteiger charge is 2.43. The number of imidazole rings is 1. The molecule has 24 heavy (non-hydrogen) atoms. The number of piperidine rings is 1. The Balaban J connectivity index is 1.79. The number of hydrogen-bond acceptors (Lipinski definition) is 4. The van der Waals surface area contributed by atoms with Crippen molar-refractivity contribution < 1.29 is 9.53 Å². The second kappa shape index (κ2) is 7.62. The van der Waals surface area contributed by atoms with E-state index in [1.165, 1.54) is 5.56 Å². The van der Waals surface area contributed by atoms with E-state index in [0.717, 1.165) is 38.2 Å². The van der Waals surface area contributed by atoms with Gasteiger partial charge < -0.3 is 9.72 Å². The van der Waals surface area contributed by atoms with Crippen LogP contribution in [0.25, 0.3) is 0 Å². The first-order valence-corrected chi connectivity index (χ1v) is 8.63. The third-order valence-corrected chi connectivity index (χ3v) is 4.68. The van der Waals surface area contributed by atoms with Crippen LogP contribution in [0.5, 0.6) is 0 Å². The Morgan fingerprint density at radius 2 is 2.21 bits per heavy atom. The molecule has 0 aliphatic carbocycles. The van der Waals surface area contributed by atoms with Gasteiger partial charge in [0.15, 0.2) is 0 Å². The smallest absolute Gasteiger partial charge is 0.313 e. The fourth-order valence-corrected chi connectivity index (χ4v) is 3.61. The molecule has 1 fully saturated rings. The summed E-state index contributed by atoms with van der Waals surface area (Å²) in [6.45, 7) is 4.73. The van der Waals surface area contributed by atoms with Crippen molar-refractivity contribution in [3.8, 4) is 0 Å². The number of aromatic nitrogens is 2. The van der Waals surface area contributed by atoms with Crippen LogP contribution in [-0.2, 0) is 22.5 Å². The largest absolute Gasteiger partial charge is 0.466 e. The maximum atomic E-state index is 12.8. The van der Waals surface area contributed by atoms with E-state index < -0.39 is 5.41 Å². The Hall–Kier alpha value is -2.14. The van der Waals surface area contributed by atoms with Gasteiger partial charge in [-0.2, -0.15) is 0 Å². The number of rotatable bonds is 6. The number of hydrogen-bond donors (Lipinski definition) is 1. The second-order valence-corrected chi connectivity index (χ2v) is 6.51. The number of likely N-dealkylation sites (tertiary alicyclic amines) is 1. The summed E-state index contributed by atoms with van der Waals surface area (Å²) in [7, 11) is 0. The van der Waals surface area contributed by atoms with Gasteiger partial charge in [0.2, 0.25) is 0 Å². The maximum absolute atomic E-state index is 12.8. The Kier molecular flexibility index (Phi) is 5.30. The van der Waals surface area contributed by atoms with Gasteiger partial charge in [0, 0.05) is 18.9 Å². The van der Waals surface area contributed by atoms with Gasteiger partial charge in [-0.3, -0.25) is 9.69 Å². The number of esters is 1. The minimum absolute atomic E-state index is 0.0713. The first-order chi connectivity index (χ1) is 11.7. The molecular formula is C19H25N3O2. The first-order valence-electron chi connectivity index (χ1n) is 8.63. The molecule has 1 aliphatic rings. The molecule has 1 aliphatic heterocycles. The van der Waals surface area contributed by atoms with E-state index in [1.807, 2.05) is 31.3 Å². The molecule has 2 heterocycles. The Bertz CT molecular complexity index is 642. The van der Waals surface area contributed by atoms with Crippen LogP contribution < -0.4 is 0 Å². The predicted octanol–water partition coefficient (Wildman–Crippen LogP) is 2.80. The zero-order chi connectivity index (χ0) is 16.8. The van der Waals surface area contributed by atoms with Crippen LogP contribution in [0.4, 0.5) is 0 Å². The Morgan fingerprint density at radius 3 is 2.92 bits per heavy atom. The van der Waals surface area contributed by atoms with Crippen molar-refractivity contribution in [2.24, 2.45) is 5.41 Å². The van der Waals surface area contributed by atoms with E-state index in [2.05, 4.69) is 27.0 Å². The molecule has 0 saturated carbocycles. The van der Waals surface area contributed by atoms with Crippen LogP contribution in [0.2, 0.25) is 0 Å². The molecule has 5 nitrogen and oxygen atoms in total. The maximum Gasteiger partial charge on any atom is 0.313 e. The molecular weight excluding hydrogens is 302 g/mol. The summed E-state index contributed by atoms with van der Waals surface area (Å²) in [6, 6.07) is 10.2. The third kappa shape index (κ3) is 3.85. The SMILES string of the molecule is CCOC(=O)C1(Cc2ccccc2)CCCN(Cc2ncc[nH]2)C1. The van der Waals surface area contributed by atoms with Gasteiger partial charge >= 0.3 is 5.97 Å². The highest BCUT2D eigenvalue weighted by Crippen LogP contribution is 2.35. The molecule has 0 amide bonds. The van der Waals surface area contributed by atoms with Gasteiger partial charge in [-0.1, -0.05) is 30.3 Å². The Morgan fingerprint density at radius 1 is 1.38 bits per heavy atom. The summed E-state index contributed by atoms with van der Waals surface area (Å²) in [5, 5.41) is 0. The van der Waals surface area contributed by atoms with Crippen molar-refractivity contribution >= 4 is 5.97 Å². The minimum Gasteiger partial charge on any atom is -0.466 e. The second-order valence-electron chi connectivity index (χ2n) is 6.51. The topological polar surface area (TPSA) is 58.2 Å². The molecule has 2 aromatic rings. The fraction of sp³-hybridized carbons (Fsp3) is 0.474. The summed E-state index contributed by atoms with van der Waals surface area (Å²) >= 11 is 0. The quantitative estimate of drug-likeness (QED) is 0.829. The van der Waals surface area contributed by atoms with Gasteiger partial charge in [0.1, 0.15) is 5.82 Å². The van der Waals surface area contributed by atoms with Crippen molar-refractivity contribution in [3.05, 3.63) is 54.1 Å². The number of nitrogens with one attached hydrogen (secondary N) is 1. The van der Waals surface area contributed by atoms with Crippen molar-refractivity contribution in [3.63, 3.8) is 0 Å². The van der Waals surface area contributed by atoms with Crippen LogP contribution in [0.3, 0.4) is 0 Å². The van der Waals surface area contributed by atoms with E-state index in [9.17, 15) is 4.79 Å². The first kappa shape index (κ1) is 16.7. The van der Waals surface area contributed by atoms with E-state index in [0.29, 0.717) is 13.2 Å². The lowest BCUT2D eigenvalue weighted by atomic mass is 9.75. The van der Waals surface area contributed by atoms with Gasteiger partial charge in [0.05, 0.1) is 18.6 Å². The average molecular weight is 327 g/mol. The average Bonchev–Trinajstić information content (AvgIpc) is 3.09. The monoisotopic (exact) mass is 327 g/mol. The Labute approximate surface area is 143 Å². The highest BCUT2D eigenvalue weighted by molar-refractivity contribution is 5.77. The number of H-pyrrole nitrogens is 1. The molecule has 0 bridgehead atoms. The van der Waals surface area contributed by atoms with Crippen molar-refractivity contribution in [1.82, 2.24) is 14.9 Å². The van der Waals surface area contributed by atoms with Crippen LogP contribution in [0, 0.1) is 5.41 Å². The molecule has 0 spiro atoms. The minimum atomic E-state index is -0.470. The normalized spacial score (nSPS) is 21.5. The molecule has 1 saturated heterocycles. The molecule has 5 heteroatoms. The van der Waals surface area contributed by atoms with Gasteiger partial charge in [0.25, 0.3) is 0 Å². The van der Waals surface area contributed by atoms with E-state index in [4.69, 9.17) is 4.74 Å². The van der Waals surface area contributed by atoms with Crippen LogP contribution >= 0.6 is 0 Å². The van der Waals surface area contributed by atoms with E-state index in [1.54, 1.807) is 6.20 Å². The molecule has 1 aromatic carbocycles. The molecule has 128 valence electrons. The number of ether oxygens (including phenoxy) is 1. The molecule has 1 aromatic heterocycles. The number of benzene rings is 1. The molecule has 1 atom stereocenters. The number of aromatic amines is 1. The fourth-order valence-electron chi connectivity index (χ4n) is 3.61. The lowest BCUT2D eigenvalue weighted by Gasteiger charge is -2.40. The van der Waals surface area contributed by atoms with Crippen molar-refractivity contribution in [2.45, 2.75) is 32.7 Å². The lowest BCUT2D eigenvalue weighted by molar-refractivity contribution is -0.159. The number of carbonyl (C=O) groups is 1. The highest BCUT2D eigenvalue weighted by atomic mass is 16.5. The predicted molar refractivity (Wildman–Crippen MR) is 92.3 cm³/mol. The molecule has 3 rings (SSSR count). The van der Waals surface area contributed by atoms with Crippen LogP contribution in [0.1, 0.15) is 31.2 Å². The van der Waals surface area contributed by atoms with Crippen molar-refractivity contribution in [2.75, 3.05) is 19.7 Å². The summed E-state index contributed by atoms with van der Waals surface area (Å²) in [5.74, 6) is 0.868. The molecule has 0 radical (unpaired) electrons. The van der Waals surface area contributed by atoms with Gasteiger partial charge in [-0.05, 0) is 38.3 Å². The number of nitrogens with zero attached hydrogens (tertiary/aromatic N) is 2.